The first-order valence-corrected chi connectivity index (χ1v) is 11.0. The molecule has 160 valence electrons. The fraction of sp³-hybridized carbons (Fsp3) is 0.409. The molecule has 0 aliphatic carbocycles. The van der Waals surface area contributed by atoms with Gasteiger partial charge in [-0.05, 0) is 56.3 Å². The van der Waals surface area contributed by atoms with Crippen LogP contribution in [-0.2, 0) is 17.8 Å². The van der Waals surface area contributed by atoms with Crippen molar-refractivity contribution in [3.63, 3.8) is 0 Å². The van der Waals surface area contributed by atoms with Gasteiger partial charge in [-0.15, -0.1) is 11.3 Å². The van der Waals surface area contributed by atoms with Crippen molar-refractivity contribution in [1.82, 2.24) is 15.0 Å². The molecule has 7 nitrogen and oxygen atoms in total. The second kappa shape index (κ2) is 10.8. The normalized spacial score (nSPS) is 10.8. The Morgan fingerprint density at radius 2 is 1.93 bits per heavy atom. The summed E-state index contributed by atoms with van der Waals surface area (Å²) in [6, 6.07) is 9.70. The highest BCUT2D eigenvalue weighted by molar-refractivity contribution is 7.13. The van der Waals surface area contributed by atoms with Crippen LogP contribution in [0.25, 0.3) is 10.7 Å². The van der Waals surface area contributed by atoms with E-state index in [1.165, 1.54) is 0 Å². The molecule has 0 saturated carbocycles. The van der Waals surface area contributed by atoms with Crippen LogP contribution in [0.3, 0.4) is 0 Å². The van der Waals surface area contributed by atoms with Crippen molar-refractivity contribution in [2.75, 3.05) is 19.8 Å². The number of ether oxygens (including phenoxy) is 2. The molecule has 2 heterocycles. The Morgan fingerprint density at radius 1 is 1.13 bits per heavy atom. The van der Waals surface area contributed by atoms with Gasteiger partial charge >= 0.3 is 0 Å². The van der Waals surface area contributed by atoms with Gasteiger partial charge in [0, 0.05) is 13.0 Å². The van der Waals surface area contributed by atoms with E-state index in [1.54, 1.807) is 16.2 Å². The summed E-state index contributed by atoms with van der Waals surface area (Å²) >= 11 is 1.55. The zero-order valence-corrected chi connectivity index (χ0v) is 18.4. The molecular weight excluding hydrogens is 402 g/mol. The van der Waals surface area contributed by atoms with E-state index < -0.39 is 0 Å². The predicted octanol–water partition coefficient (Wildman–Crippen LogP) is 4.58. The van der Waals surface area contributed by atoms with Crippen LogP contribution in [0.4, 0.5) is 0 Å². The third kappa shape index (κ3) is 5.60. The highest BCUT2D eigenvalue weighted by atomic mass is 32.1. The Balaban J connectivity index is 1.59. The zero-order valence-electron chi connectivity index (χ0n) is 17.6. The third-order valence-electron chi connectivity index (χ3n) is 4.51. The van der Waals surface area contributed by atoms with Gasteiger partial charge in [-0.1, -0.05) is 17.3 Å². The summed E-state index contributed by atoms with van der Waals surface area (Å²) in [4.78, 5) is 19.8. The van der Waals surface area contributed by atoms with E-state index >= 15 is 0 Å². The van der Waals surface area contributed by atoms with E-state index in [-0.39, 0.29) is 5.91 Å². The number of thiophene rings is 1. The molecule has 0 fully saturated rings. The fourth-order valence-electron chi connectivity index (χ4n) is 3.02. The molecule has 30 heavy (non-hydrogen) atoms. The summed E-state index contributed by atoms with van der Waals surface area (Å²) in [5, 5.41) is 5.97. The number of hydrogen-bond donors (Lipinski definition) is 0. The topological polar surface area (TPSA) is 77.7 Å². The van der Waals surface area contributed by atoms with Crippen molar-refractivity contribution in [3.05, 3.63) is 47.2 Å². The van der Waals surface area contributed by atoms with Gasteiger partial charge < -0.3 is 18.9 Å². The minimum Gasteiger partial charge on any atom is -0.490 e. The number of nitrogens with zero attached hydrogens (tertiary/aromatic N) is 3. The third-order valence-corrected chi connectivity index (χ3v) is 5.37. The first kappa shape index (κ1) is 21.8. The van der Waals surface area contributed by atoms with Gasteiger partial charge in [-0.3, -0.25) is 4.79 Å². The average molecular weight is 430 g/mol. The standard InChI is InChI=1S/C22H27N3O4S/c1-4-25(15-20-23-22(24-29-20)19-8-7-13-30-19)21(26)12-10-16-9-11-17(27-5-2)18(14-16)28-6-3/h7-9,11,13-14H,4-6,10,12,15H2,1-3H3. The summed E-state index contributed by atoms with van der Waals surface area (Å²) in [6.45, 7) is 7.83. The Labute approximate surface area is 180 Å². The summed E-state index contributed by atoms with van der Waals surface area (Å²) in [5.74, 6) is 2.47. The molecular formula is C22H27N3O4S. The van der Waals surface area contributed by atoms with Crippen molar-refractivity contribution in [1.29, 1.82) is 0 Å². The van der Waals surface area contributed by atoms with Crippen LogP contribution < -0.4 is 9.47 Å². The molecule has 0 unspecified atom stereocenters. The van der Waals surface area contributed by atoms with Crippen LogP contribution in [0.5, 0.6) is 11.5 Å². The molecule has 3 rings (SSSR count). The molecule has 0 radical (unpaired) electrons. The lowest BCUT2D eigenvalue weighted by Crippen LogP contribution is -2.30. The summed E-state index contributed by atoms with van der Waals surface area (Å²) in [7, 11) is 0. The first-order chi connectivity index (χ1) is 14.6. The van der Waals surface area contributed by atoms with Gasteiger partial charge in [0.15, 0.2) is 11.5 Å². The largest absolute Gasteiger partial charge is 0.490 e. The van der Waals surface area contributed by atoms with E-state index in [9.17, 15) is 4.79 Å². The van der Waals surface area contributed by atoms with Crippen LogP contribution >= 0.6 is 11.3 Å². The second-order valence-electron chi connectivity index (χ2n) is 6.54. The molecule has 8 heteroatoms. The van der Waals surface area contributed by atoms with Crippen molar-refractivity contribution >= 4 is 17.2 Å². The first-order valence-electron chi connectivity index (χ1n) is 10.2. The van der Waals surface area contributed by atoms with Gasteiger partial charge in [0.25, 0.3) is 0 Å². The Hall–Kier alpha value is -2.87. The van der Waals surface area contributed by atoms with Gasteiger partial charge in [0.1, 0.15) is 0 Å². The Bertz CT molecular complexity index is 940. The minimum atomic E-state index is 0.0419. The zero-order chi connectivity index (χ0) is 21.3. The summed E-state index contributed by atoms with van der Waals surface area (Å²) in [5.41, 5.74) is 1.03. The molecule has 0 spiro atoms. The fourth-order valence-corrected chi connectivity index (χ4v) is 3.67. The molecule has 2 aromatic heterocycles. The lowest BCUT2D eigenvalue weighted by atomic mass is 10.1. The second-order valence-corrected chi connectivity index (χ2v) is 7.49. The van der Waals surface area contributed by atoms with Crippen LogP contribution in [0, 0.1) is 0 Å². The van der Waals surface area contributed by atoms with Gasteiger partial charge in [0.2, 0.25) is 17.6 Å². The number of aryl methyl sites for hydroxylation is 1. The van der Waals surface area contributed by atoms with Crippen LogP contribution in [0.2, 0.25) is 0 Å². The van der Waals surface area contributed by atoms with Gasteiger partial charge in [-0.2, -0.15) is 4.98 Å². The van der Waals surface area contributed by atoms with Crippen LogP contribution in [0.15, 0.2) is 40.2 Å². The van der Waals surface area contributed by atoms with E-state index in [4.69, 9.17) is 14.0 Å². The summed E-state index contributed by atoms with van der Waals surface area (Å²) < 4.78 is 16.6. The SMILES string of the molecule is CCOc1ccc(CCC(=O)N(CC)Cc2nc(-c3cccs3)no2)cc1OCC. The molecule has 0 aliphatic rings. The molecule has 0 saturated heterocycles. The van der Waals surface area contributed by atoms with E-state index in [0.29, 0.717) is 56.6 Å². The molecule has 0 N–H and O–H groups in total. The van der Waals surface area contributed by atoms with Gasteiger partial charge in [-0.25, -0.2) is 0 Å². The maximum Gasteiger partial charge on any atom is 0.246 e. The number of benzene rings is 1. The molecule has 0 atom stereocenters. The number of hydrogen-bond acceptors (Lipinski definition) is 7. The van der Waals surface area contributed by atoms with Crippen LogP contribution in [0.1, 0.15) is 38.6 Å². The number of rotatable bonds is 11. The molecule has 1 aromatic carbocycles. The molecule has 0 aliphatic heterocycles. The lowest BCUT2D eigenvalue weighted by molar-refractivity contribution is -0.131. The number of amides is 1. The van der Waals surface area contributed by atoms with Gasteiger partial charge in [0.05, 0.1) is 24.6 Å². The number of carbonyl (C=O) groups excluding carboxylic acids is 1. The molecule has 1 amide bonds. The monoisotopic (exact) mass is 429 g/mol. The highest BCUT2D eigenvalue weighted by Crippen LogP contribution is 2.29. The van der Waals surface area contributed by atoms with E-state index in [1.807, 2.05) is 56.5 Å². The van der Waals surface area contributed by atoms with Crippen molar-refractivity contribution in [2.24, 2.45) is 0 Å². The number of carbonyl (C=O) groups is 1. The molecule has 3 aromatic rings. The quantitative estimate of drug-likeness (QED) is 0.444. The lowest BCUT2D eigenvalue weighted by Gasteiger charge is -2.19. The number of aromatic nitrogens is 2. The van der Waals surface area contributed by atoms with E-state index in [0.717, 1.165) is 16.2 Å². The maximum atomic E-state index is 12.7. The van der Waals surface area contributed by atoms with Crippen LogP contribution in [-0.4, -0.2) is 40.7 Å². The smallest absolute Gasteiger partial charge is 0.246 e. The Kier molecular flexibility index (Phi) is 7.84. The predicted molar refractivity (Wildman–Crippen MR) is 116 cm³/mol. The van der Waals surface area contributed by atoms with Crippen molar-refractivity contribution in [3.8, 4) is 22.2 Å². The van der Waals surface area contributed by atoms with E-state index in [2.05, 4.69) is 10.1 Å². The average Bonchev–Trinajstić information content (AvgIpc) is 3.44. The molecule has 0 bridgehead atoms. The minimum absolute atomic E-state index is 0.0419. The van der Waals surface area contributed by atoms with Crippen molar-refractivity contribution in [2.45, 2.75) is 40.2 Å². The Morgan fingerprint density at radius 3 is 2.63 bits per heavy atom. The van der Waals surface area contributed by atoms with Crippen molar-refractivity contribution < 1.29 is 18.8 Å². The maximum absolute atomic E-state index is 12.7. The summed E-state index contributed by atoms with van der Waals surface area (Å²) in [6.07, 6.45) is 1.01. The highest BCUT2D eigenvalue weighted by Gasteiger charge is 2.17.